The van der Waals surface area contributed by atoms with Gasteiger partial charge in [0.1, 0.15) is 0 Å². The van der Waals surface area contributed by atoms with Crippen LogP contribution in [0, 0.1) is 0 Å². The van der Waals surface area contributed by atoms with Gasteiger partial charge in [-0.2, -0.15) is 0 Å². The summed E-state index contributed by atoms with van der Waals surface area (Å²) >= 11 is 0. The van der Waals surface area contributed by atoms with E-state index in [0.29, 0.717) is 6.54 Å². The maximum absolute atomic E-state index is 11.8. The topological polar surface area (TPSA) is 77.1 Å². The maximum Gasteiger partial charge on any atom is 0.335 e. The van der Waals surface area contributed by atoms with Gasteiger partial charge in [0.2, 0.25) is 0 Å². The molecular weight excluding hydrogens is 246 g/mol. The molecule has 0 aromatic carbocycles. The van der Waals surface area contributed by atoms with Crippen LogP contribution in [0.3, 0.4) is 0 Å². The third-order valence-electron chi connectivity index (χ3n) is 2.84. The molecule has 0 atom stereocenters. The first-order valence-electron chi connectivity index (χ1n) is 6.04. The highest BCUT2D eigenvalue weighted by molar-refractivity contribution is 5.87. The highest BCUT2D eigenvalue weighted by atomic mass is 16.4. The molecule has 0 bridgehead atoms. The summed E-state index contributed by atoms with van der Waals surface area (Å²) < 4.78 is 3.45. The zero-order chi connectivity index (χ0) is 13.8. The molecule has 0 saturated heterocycles. The van der Waals surface area contributed by atoms with Gasteiger partial charge in [-0.25, -0.2) is 9.78 Å². The molecule has 0 aliphatic carbocycles. The fourth-order valence-electron chi connectivity index (χ4n) is 1.87. The van der Waals surface area contributed by atoms with Gasteiger partial charge in [0.15, 0.2) is 0 Å². The Morgan fingerprint density at radius 3 is 2.84 bits per heavy atom. The van der Waals surface area contributed by atoms with Gasteiger partial charge in [0, 0.05) is 25.0 Å². The Kier molecular flexibility index (Phi) is 3.79. The minimum atomic E-state index is -1.10. The van der Waals surface area contributed by atoms with Crippen molar-refractivity contribution >= 4 is 5.97 Å². The van der Waals surface area contributed by atoms with Crippen molar-refractivity contribution in [2.24, 2.45) is 0 Å². The fraction of sp³-hybridized carbons (Fsp3) is 0.308. The number of hydrogen-bond acceptors (Lipinski definition) is 3. The molecule has 2 aromatic rings. The number of nitrogens with zero attached hydrogens (tertiary/aromatic N) is 3. The van der Waals surface area contributed by atoms with Crippen LogP contribution >= 0.6 is 0 Å². The standard InChI is InChI=1S/C13H15N3O3/c1-2-4-16-9-14-7-11(16)8-15-5-3-10(13(18)19)6-12(15)17/h3,5-7,9H,2,4,8H2,1H3,(H,18,19). The second kappa shape index (κ2) is 5.51. The quantitative estimate of drug-likeness (QED) is 0.877. The predicted molar refractivity (Wildman–Crippen MR) is 69.3 cm³/mol. The number of aromatic nitrogens is 3. The largest absolute Gasteiger partial charge is 0.478 e. The molecule has 6 nitrogen and oxygen atoms in total. The van der Waals surface area contributed by atoms with Crippen molar-refractivity contribution in [2.45, 2.75) is 26.4 Å². The van der Waals surface area contributed by atoms with Crippen LogP contribution < -0.4 is 5.56 Å². The van der Waals surface area contributed by atoms with E-state index in [2.05, 4.69) is 11.9 Å². The lowest BCUT2D eigenvalue weighted by atomic mass is 10.2. The van der Waals surface area contributed by atoms with E-state index in [9.17, 15) is 9.59 Å². The van der Waals surface area contributed by atoms with Gasteiger partial charge in [-0.05, 0) is 12.5 Å². The smallest absolute Gasteiger partial charge is 0.335 e. The summed E-state index contributed by atoms with van der Waals surface area (Å²) in [7, 11) is 0. The molecule has 100 valence electrons. The molecule has 0 unspecified atom stereocenters. The molecule has 2 aromatic heterocycles. The van der Waals surface area contributed by atoms with Crippen LogP contribution in [0.15, 0.2) is 35.6 Å². The van der Waals surface area contributed by atoms with Crippen molar-refractivity contribution in [3.05, 3.63) is 52.5 Å². The number of imidazole rings is 1. The van der Waals surface area contributed by atoms with Crippen LogP contribution in [0.5, 0.6) is 0 Å². The van der Waals surface area contributed by atoms with E-state index < -0.39 is 5.97 Å². The second-order valence-electron chi connectivity index (χ2n) is 4.27. The number of pyridine rings is 1. The van der Waals surface area contributed by atoms with Crippen LogP contribution in [0.2, 0.25) is 0 Å². The third-order valence-corrected chi connectivity index (χ3v) is 2.84. The van der Waals surface area contributed by atoms with E-state index in [0.717, 1.165) is 24.7 Å². The molecule has 0 spiro atoms. The molecule has 0 aliphatic rings. The maximum atomic E-state index is 11.8. The molecular formula is C13H15N3O3. The summed E-state index contributed by atoms with van der Waals surface area (Å²) in [5, 5.41) is 8.81. The highest BCUT2D eigenvalue weighted by Gasteiger charge is 2.07. The normalized spacial score (nSPS) is 10.6. The first kappa shape index (κ1) is 13.1. The van der Waals surface area contributed by atoms with E-state index >= 15 is 0 Å². The van der Waals surface area contributed by atoms with Gasteiger partial charge < -0.3 is 14.2 Å². The van der Waals surface area contributed by atoms with E-state index in [-0.39, 0.29) is 11.1 Å². The Hall–Kier alpha value is -2.37. The molecule has 19 heavy (non-hydrogen) atoms. The molecule has 0 fully saturated rings. The zero-order valence-electron chi connectivity index (χ0n) is 10.6. The van der Waals surface area contributed by atoms with Crippen LogP contribution in [-0.4, -0.2) is 25.2 Å². The first-order valence-corrected chi connectivity index (χ1v) is 6.04. The van der Waals surface area contributed by atoms with Gasteiger partial charge in [-0.1, -0.05) is 6.92 Å². The van der Waals surface area contributed by atoms with Crippen molar-refractivity contribution in [3.63, 3.8) is 0 Å². The third kappa shape index (κ3) is 2.90. The molecule has 1 N–H and O–H groups in total. The molecule has 2 heterocycles. The summed E-state index contributed by atoms with van der Waals surface area (Å²) in [5.41, 5.74) is 0.597. The van der Waals surface area contributed by atoms with Gasteiger partial charge >= 0.3 is 5.97 Å². The van der Waals surface area contributed by atoms with E-state index in [1.54, 1.807) is 12.5 Å². The fourth-order valence-corrected chi connectivity index (χ4v) is 1.87. The Labute approximate surface area is 109 Å². The van der Waals surface area contributed by atoms with Gasteiger partial charge in [0.25, 0.3) is 5.56 Å². The molecule has 0 aliphatic heterocycles. The van der Waals surface area contributed by atoms with Crippen LogP contribution in [0.1, 0.15) is 29.4 Å². The van der Waals surface area contributed by atoms with Crippen molar-refractivity contribution in [2.75, 3.05) is 0 Å². The number of aryl methyl sites for hydroxylation is 1. The first-order chi connectivity index (χ1) is 9.11. The van der Waals surface area contributed by atoms with E-state index in [4.69, 9.17) is 5.11 Å². The van der Waals surface area contributed by atoms with Crippen molar-refractivity contribution in [1.82, 2.24) is 14.1 Å². The lowest BCUT2D eigenvalue weighted by molar-refractivity contribution is 0.0696. The number of hydrogen-bond donors (Lipinski definition) is 1. The van der Waals surface area contributed by atoms with Crippen molar-refractivity contribution in [3.8, 4) is 0 Å². The number of carboxylic acids is 1. The molecule has 0 amide bonds. The summed E-state index contributed by atoms with van der Waals surface area (Å²) in [6.45, 7) is 3.30. The SMILES string of the molecule is CCCn1cncc1Cn1ccc(C(=O)O)cc1=O. The van der Waals surface area contributed by atoms with Gasteiger partial charge in [-0.15, -0.1) is 0 Å². The lowest BCUT2D eigenvalue weighted by Crippen LogP contribution is -2.22. The molecule has 6 heteroatoms. The molecule has 0 saturated carbocycles. The van der Waals surface area contributed by atoms with Gasteiger partial charge in [0.05, 0.1) is 24.1 Å². The number of rotatable bonds is 5. The average molecular weight is 261 g/mol. The Bertz CT molecular complexity index is 643. The molecule has 0 radical (unpaired) electrons. The van der Waals surface area contributed by atoms with Crippen LogP contribution in [0.4, 0.5) is 0 Å². The monoisotopic (exact) mass is 261 g/mol. The van der Waals surface area contributed by atoms with Crippen molar-refractivity contribution < 1.29 is 9.90 Å². The molecule has 2 rings (SSSR count). The van der Waals surface area contributed by atoms with Crippen LogP contribution in [-0.2, 0) is 13.1 Å². The number of carboxylic acid groups (broad SMARTS) is 1. The Morgan fingerprint density at radius 1 is 1.42 bits per heavy atom. The summed E-state index contributed by atoms with van der Waals surface area (Å²) in [5.74, 6) is -1.10. The van der Waals surface area contributed by atoms with Crippen LogP contribution in [0.25, 0.3) is 0 Å². The van der Waals surface area contributed by atoms with Crippen molar-refractivity contribution in [1.29, 1.82) is 0 Å². The summed E-state index contributed by atoms with van der Waals surface area (Å²) in [6.07, 6.45) is 5.92. The van der Waals surface area contributed by atoms with Gasteiger partial charge in [-0.3, -0.25) is 4.79 Å². The Morgan fingerprint density at radius 2 is 2.21 bits per heavy atom. The Balaban J connectivity index is 2.26. The average Bonchev–Trinajstić information content (AvgIpc) is 2.79. The summed E-state index contributed by atoms with van der Waals surface area (Å²) in [4.78, 5) is 26.6. The second-order valence-corrected chi connectivity index (χ2v) is 4.27. The number of carbonyl (C=O) groups is 1. The lowest BCUT2D eigenvalue weighted by Gasteiger charge is -2.09. The van der Waals surface area contributed by atoms with E-state index in [1.165, 1.54) is 16.8 Å². The minimum absolute atomic E-state index is 0.00307. The predicted octanol–water partition coefficient (Wildman–Crippen LogP) is 1.20. The zero-order valence-corrected chi connectivity index (χ0v) is 10.6. The minimum Gasteiger partial charge on any atom is -0.478 e. The van der Waals surface area contributed by atoms with E-state index in [1.807, 2.05) is 4.57 Å². The number of aromatic carboxylic acids is 1. The highest BCUT2D eigenvalue weighted by Crippen LogP contribution is 2.03. The summed E-state index contributed by atoms with van der Waals surface area (Å²) in [6, 6.07) is 2.55.